The molecule has 164 valence electrons. The van der Waals surface area contributed by atoms with Crippen LogP contribution in [-0.4, -0.2) is 58.6 Å². The fraction of sp³-hybridized carbons (Fsp3) is 0.409. The van der Waals surface area contributed by atoms with Crippen LogP contribution in [0.15, 0.2) is 54.7 Å². The normalized spacial score (nSPS) is 16.9. The zero-order valence-corrected chi connectivity index (χ0v) is 18.4. The summed E-state index contributed by atoms with van der Waals surface area (Å²) >= 11 is 0. The fourth-order valence-corrected chi connectivity index (χ4v) is 5.36. The van der Waals surface area contributed by atoms with Gasteiger partial charge in [-0.05, 0) is 37.5 Å². The summed E-state index contributed by atoms with van der Waals surface area (Å²) < 4.78 is 28.0. The Bertz CT molecular complexity index is 1150. The lowest BCUT2D eigenvalue weighted by Gasteiger charge is -2.40. The number of carbonyl (C=O) groups is 1. The molecular weight excluding hydrogens is 414 g/mol. The Labute approximate surface area is 182 Å². The van der Waals surface area contributed by atoms with Crippen LogP contribution in [-0.2, 0) is 26.7 Å². The molecule has 31 heavy (non-hydrogen) atoms. The largest absolute Gasteiger partial charge is 0.355 e. The van der Waals surface area contributed by atoms with Crippen LogP contribution in [0, 0.1) is 0 Å². The Morgan fingerprint density at radius 3 is 2.48 bits per heavy atom. The SMILES string of the molecule is CCS(=O)(=O)N1CCC(C(=O)NCCc2nnc3ccccn23)(c2ccccc2)CC1. The first-order chi connectivity index (χ1) is 15.0. The molecule has 1 aliphatic rings. The number of pyridine rings is 1. The predicted octanol–water partition coefficient (Wildman–Crippen LogP) is 1.77. The van der Waals surface area contributed by atoms with Crippen LogP contribution in [0.1, 0.15) is 31.2 Å². The van der Waals surface area contributed by atoms with Gasteiger partial charge in [0.2, 0.25) is 15.9 Å². The van der Waals surface area contributed by atoms with Gasteiger partial charge in [-0.3, -0.25) is 9.20 Å². The maximum Gasteiger partial charge on any atom is 0.230 e. The highest BCUT2D eigenvalue weighted by Gasteiger charge is 2.44. The molecule has 0 radical (unpaired) electrons. The number of aromatic nitrogens is 3. The second kappa shape index (κ2) is 8.76. The molecule has 0 unspecified atom stereocenters. The maximum absolute atomic E-state index is 13.4. The Kier molecular flexibility index (Phi) is 6.06. The number of hydrogen-bond acceptors (Lipinski definition) is 5. The third kappa shape index (κ3) is 4.20. The van der Waals surface area contributed by atoms with E-state index in [2.05, 4.69) is 15.5 Å². The topological polar surface area (TPSA) is 96.7 Å². The van der Waals surface area contributed by atoms with Gasteiger partial charge in [-0.15, -0.1) is 10.2 Å². The molecule has 8 nitrogen and oxygen atoms in total. The number of nitrogens with zero attached hydrogens (tertiary/aromatic N) is 4. The lowest BCUT2D eigenvalue weighted by Crippen LogP contribution is -2.53. The summed E-state index contributed by atoms with van der Waals surface area (Å²) in [5.74, 6) is 0.790. The highest BCUT2D eigenvalue weighted by molar-refractivity contribution is 7.89. The molecule has 1 aliphatic heterocycles. The zero-order valence-electron chi connectivity index (χ0n) is 17.6. The van der Waals surface area contributed by atoms with Gasteiger partial charge in [-0.1, -0.05) is 36.4 Å². The van der Waals surface area contributed by atoms with Gasteiger partial charge in [0.15, 0.2) is 5.65 Å². The molecule has 9 heteroatoms. The summed E-state index contributed by atoms with van der Waals surface area (Å²) in [5, 5.41) is 11.4. The van der Waals surface area contributed by atoms with Gasteiger partial charge in [0, 0.05) is 32.3 Å². The Morgan fingerprint density at radius 1 is 1.06 bits per heavy atom. The molecular formula is C22H27N5O3S. The van der Waals surface area contributed by atoms with Crippen LogP contribution in [0.25, 0.3) is 5.65 Å². The molecule has 4 rings (SSSR count). The highest BCUT2D eigenvalue weighted by Crippen LogP contribution is 2.36. The molecule has 2 aromatic heterocycles. The Morgan fingerprint density at radius 2 is 1.77 bits per heavy atom. The molecule has 1 amide bonds. The van der Waals surface area contributed by atoms with Gasteiger partial charge in [-0.25, -0.2) is 12.7 Å². The van der Waals surface area contributed by atoms with Crippen molar-refractivity contribution < 1.29 is 13.2 Å². The monoisotopic (exact) mass is 441 g/mol. The smallest absolute Gasteiger partial charge is 0.230 e. The minimum absolute atomic E-state index is 0.0685. The number of fused-ring (bicyclic) bond motifs is 1. The molecule has 0 spiro atoms. The van der Waals surface area contributed by atoms with Crippen molar-refractivity contribution in [2.75, 3.05) is 25.4 Å². The van der Waals surface area contributed by atoms with Crippen molar-refractivity contribution in [2.24, 2.45) is 0 Å². The third-order valence-corrected chi connectivity index (χ3v) is 8.00. The lowest BCUT2D eigenvalue weighted by molar-refractivity contribution is -0.128. The number of rotatable bonds is 7. The summed E-state index contributed by atoms with van der Waals surface area (Å²) in [6.45, 7) is 2.76. The van der Waals surface area contributed by atoms with E-state index >= 15 is 0 Å². The standard InChI is InChI=1S/C22H27N5O3S/c1-2-31(29,30)26-16-12-22(13-17-26,18-8-4-3-5-9-18)21(28)23-14-11-20-25-24-19-10-6-7-15-27(19)20/h3-10,15H,2,11-14,16-17H2,1H3,(H,23,28). The molecule has 1 saturated heterocycles. The van der Waals surface area contributed by atoms with E-state index in [0.717, 1.165) is 17.0 Å². The van der Waals surface area contributed by atoms with Crippen molar-refractivity contribution in [2.45, 2.75) is 31.6 Å². The van der Waals surface area contributed by atoms with E-state index in [1.807, 2.05) is 59.1 Å². The van der Waals surface area contributed by atoms with Crippen molar-refractivity contribution in [3.8, 4) is 0 Å². The van der Waals surface area contributed by atoms with Crippen molar-refractivity contribution in [1.29, 1.82) is 0 Å². The highest BCUT2D eigenvalue weighted by atomic mass is 32.2. The average molecular weight is 442 g/mol. The van der Waals surface area contributed by atoms with Crippen molar-refractivity contribution in [3.05, 3.63) is 66.1 Å². The molecule has 0 bridgehead atoms. The molecule has 3 heterocycles. The van der Waals surface area contributed by atoms with Crippen LogP contribution in [0.5, 0.6) is 0 Å². The fourth-order valence-electron chi connectivity index (χ4n) is 4.25. The van der Waals surface area contributed by atoms with Gasteiger partial charge in [-0.2, -0.15) is 0 Å². The molecule has 1 aromatic carbocycles. The minimum atomic E-state index is -3.26. The summed E-state index contributed by atoms with van der Waals surface area (Å²) in [7, 11) is -3.26. The molecule has 0 aliphatic carbocycles. The molecule has 1 N–H and O–H groups in total. The summed E-state index contributed by atoms with van der Waals surface area (Å²) in [4.78, 5) is 13.4. The van der Waals surface area contributed by atoms with Crippen LogP contribution in [0.2, 0.25) is 0 Å². The van der Waals surface area contributed by atoms with E-state index in [-0.39, 0.29) is 11.7 Å². The maximum atomic E-state index is 13.4. The van der Waals surface area contributed by atoms with Crippen molar-refractivity contribution in [3.63, 3.8) is 0 Å². The van der Waals surface area contributed by atoms with Gasteiger partial charge in [0.05, 0.1) is 11.2 Å². The van der Waals surface area contributed by atoms with Crippen LogP contribution < -0.4 is 5.32 Å². The quantitative estimate of drug-likeness (QED) is 0.603. The van der Waals surface area contributed by atoms with E-state index in [9.17, 15) is 13.2 Å². The van der Waals surface area contributed by atoms with Crippen LogP contribution >= 0.6 is 0 Å². The predicted molar refractivity (Wildman–Crippen MR) is 118 cm³/mol. The van der Waals surface area contributed by atoms with Crippen molar-refractivity contribution >= 4 is 21.6 Å². The van der Waals surface area contributed by atoms with Crippen LogP contribution in [0.3, 0.4) is 0 Å². The number of carbonyl (C=O) groups excluding carboxylic acids is 1. The van der Waals surface area contributed by atoms with E-state index in [1.54, 1.807) is 6.92 Å². The summed E-state index contributed by atoms with van der Waals surface area (Å²) in [5.41, 5.74) is 0.955. The number of hydrogen-bond donors (Lipinski definition) is 1. The molecule has 0 atom stereocenters. The minimum Gasteiger partial charge on any atom is -0.355 e. The first-order valence-corrected chi connectivity index (χ1v) is 12.2. The second-order valence-corrected chi connectivity index (χ2v) is 10.1. The number of sulfonamides is 1. The van der Waals surface area contributed by atoms with E-state index in [4.69, 9.17) is 0 Å². The van der Waals surface area contributed by atoms with Crippen LogP contribution in [0.4, 0.5) is 0 Å². The number of benzene rings is 1. The Balaban J connectivity index is 1.49. The van der Waals surface area contributed by atoms with E-state index < -0.39 is 15.4 Å². The van der Waals surface area contributed by atoms with Gasteiger partial charge in [0.25, 0.3) is 0 Å². The van der Waals surface area contributed by atoms with Gasteiger partial charge in [0.1, 0.15) is 5.82 Å². The number of piperidine rings is 1. The lowest BCUT2D eigenvalue weighted by atomic mass is 9.72. The number of nitrogens with one attached hydrogen (secondary N) is 1. The number of amides is 1. The first kappa shape index (κ1) is 21.5. The van der Waals surface area contributed by atoms with E-state index in [1.165, 1.54) is 4.31 Å². The van der Waals surface area contributed by atoms with Gasteiger partial charge < -0.3 is 5.32 Å². The summed E-state index contributed by atoms with van der Waals surface area (Å²) in [6.07, 6.45) is 3.37. The Hall–Kier alpha value is -2.78. The van der Waals surface area contributed by atoms with E-state index in [0.29, 0.717) is 38.9 Å². The summed E-state index contributed by atoms with van der Waals surface area (Å²) in [6, 6.07) is 15.4. The third-order valence-electron chi connectivity index (χ3n) is 6.11. The molecule has 3 aromatic rings. The zero-order chi connectivity index (χ0) is 21.9. The average Bonchev–Trinajstić information content (AvgIpc) is 3.22. The first-order valence-electron chi connectivity index (χ1n) is 10.6. The molecule has 1 fully saturated rings. The molecule has 0 saturated carbocycles. The van der Waals surface area contributed by atoms with Gasteiger partial charge >= 0.3 is 0 Å². The second-order valence-electron chi connectivity index (χ2n) is 7.80. The van der Waals surface area contributed by atoms with Crippen molar-refractivity contribution in [1.82, 2.24) is 24.2 Å².